The van der Waals surface area contributed by atoms with Gasteiger partial charge in [0.2, 0.25) is 5.91 Å². The number of para-hydroxylation sites is 1. The van der Waals surface area contributed by atoms with Gasteiger partial charge in [0, 0.05) is 13.6 Å². The zero-order valence-electron chi connectivity index (χ0n) is 10.5. The van der Waals surface area contributed by atoms with E-state index < -0.39 is 17.8 Å². The first-order valence-electron chi connectivity index (χ1n) is 5.96. The Hall–Kier alpha value is -2.11. The Morgan fingerprint density at radius 2 is 2.16 bits per heavy atom. The lowest BCUT2D eigenvalue weighted by Crippen LogP contribution is -2.55. The van der Waals surface area contributed by atoms with Gasteiger partial charge in [-0.2, -0.15) is 0 Å². The Morgan fingerprint density at radius 3 is 2.79 bits per heavy atom. The molecule has 5 nitrogen and oxygen atoms in total. The fourth-order valence-electron chi connectivity index (χ4n) is 2.21. The number of benzene rings is 1. The summed E-state index contributed by atoms with van der Waals surface area (Å²) < 4.78 is 13.7. The summed E-state index contributed by atoms with van der Waals surface area (Å²) in [5.41, 5.74) is 0.333. The van der Waals surface area contributed by atoms with Gasteiger partial charge in [-0.05, 0) is 12.1 Å². The van der Waals surface area contributed by atoms with Crippen LogP contribution in [0.3, 0.4) is 0 Å². The average Bonchev–Trinajstić information content (AvgIpc) is 2.35. The SMILES string of the molecule is CN1C(=O)CN(c2ccccc2F)CC1CC(=O)O. The minimum absolute atomic E-state index is 0.0630. The van der Waals surface area contributed by atoms with Gasteiger partial charge in [0.15, 0.2) is 0 Å². The van der Waals surface area contributed by atoms with Crippen molar-refractivity contribution in [1.82, 2.24) is 4.90 Å². The van der Waals surface area contributed by atoms with E-state index in [0.29, 0.717) is 12.2 Å². The number of carbonyl (C=O) groups excluding carboxylic acids is 1. The van der Waals surface area contributed by atoms with Crippen LogP contribution in [0.1, 0.15) is 6.42 Å². The van der Waals surface area contributed by atoms with E-state index in [1.165, 1.54) is 11.0 Å². The highest BCUT2D eigenvalue weighted by Gasteiger charge is 2.32. The van der Waals surface area contributed by atoms with Crippen molar-refractivity contribution in [3.63, 3.8) is 0 Å². The van der Waals surface area contributed by atoms with Crippen molar-refractivity contribution < 1.29 is 19.1 Å². The average molecular weight is 266 g/mol. The summed E-state index contributed by atoms with van der Waals surface area (Å²) in [4.78, 5) is 25.7. The van der Waals surface area contributed by atoms with Crippen molar-refractivity contribution >= 4 is 17.6 Å². The van der Waals surface area contributed by atoms with E-state index in [1.54, 1.807) is 30.1 Å². The highest BCUT2D eigenvalue weighted by Crippen LogP contribution is 2.23. The van der Waals surface area contributed by atoms with E-state index in [2.05, 4.69) is 0 Å². The monoisotopic (exact) mass is 266 g/mol. The molecule has 0 aromatic heterocycles. The molecule has 1 aromatic carbocycles. The number of aliphatic carboxylic acids is 1. The predicted molar refractivity (Wildman–Crippen MR) is 67.4 cm³/mol. The van der Waals surface area contributed by atoms with E-state index >= 15 is 0 Å². The van der Waals surface area contributed by atoms with Gasteiger partial charge in [0.05, 0.1) is 24.7 Å². The molecule has 1 saturated heterocycles. The smallest absolute Gasteiger partial charge is 0.305 e. The fraction of sp³-hybridized carbons (Fsp3) is 0.385. The summed E-state index contributed by atoms with van der Waals surface area (Å²) in [5, 5.41) is 8.85. The van der Waals surface area contributed by atoms with Crippen molar-refractivity contribution in [3.8, 4) is 0 Å². The molecule has 102 valence electrons. The largest absolute Gasteiger partial charge is 0.481 e. The third-order valence-electron chi connectivity index (χ3n) is 3.30. The summed E-state index contributed by atoms with van der Waals surface area (Å²) in [6.07, 6.45) is -0.146. The lowest BCUT2D eigenvalue weighted by molar-refractivity contribution is -0.140. The first-order chi connectivity index (χ1) is 8.99. The molecule has 1 N–H and O–H groups in total. The summed E-state index contributed by atoms with van der Waals surface area (Å²) in [5.74, 6) is -1.59. The third kappa shape index (κ3) is 2.83. The van der Waals surface area contributed by atoms with Gasteiger partial charge >= 0.3 is 5.97 Å². The van der Waals surface area contributed by atoms with Crippen LogP contribution in [0.4, 0.5) is 10.1 Å². The first kappa shape index (κ1) is 13.3. The number of amides is 1. The van der Waals surface area contributed by atoms with E-state index in [9.17, 15) is 14.0 Å². The van der Waals surface area contributed by atoms with Crippen molar-refractivity contribution in [2.45, 2.75) is 12.5 Å². The number of likely N-dealkylation sites (N-methyl/N-ethyl adjacent to an activating group) is 1. The molecule has 0 spiro atoms. The number of hydrogen-bond donors (Lipinski definition) is 1. The molecule has 19 heavy (non-hydrogen) atoms. The molecule has 6 heteroatoms. The number of hydrogen-bond acceptors (Lipinski definition) is 3. The summed E-state index contributed by atoms with van der Waals surface area (Å²) in [6.45, 7) is 0.378. The zero-order chi connectivity index (χ0) is 14.0. The Bertz CT molecular complexity index is 506. The van der Waals surface area contributed by atoms with Crippen molar-refractivity contribution in [2.75, 3.05) is 25.0 Å². The van der Waals surface area contributed by atoms with E-state index in [-0.39, 0.29) is 18.9 Å². The third-order valence-corrected chi connectivity index (χ3v) is 3.30. The molecule has 1 aliphatic rings. The van der Waals surface area contributed by atoms with Crippen LogP contribution in [-0.2, 0) is 9.59 Å². The van der Waals surface area contributed by atoms with Crippen LogP contribution >= 0.6 is 0 Å². The number of piperazine rings is 1. The first-order valence-corrected chi connectivity index (χ1v) is 5.96. The second kappa shape index (κ2) is 5.26. The molecule has 0 aliphatic carbocycles. The lowest BCUT2D eigenvalue weighted by atomic mass is 10.1. The lowest BCUT2D eigenvalue weighted by Gasteiger charge is -2.39. The standard InChI is InChI=1S/C13H15FN2O3/c1-15-9(6-13(18)19)7-16(8-12(15)17)11-5-3-2-4-10(11)14/h2-5,9H,6-8H2,1H3,(H,18,19). The normalized spacial score (nSPS) is 19.7. The molecule has 1 amide bonds. The number of halogens is 1. The van der Waals surface area contributed by atoms with Gasteiger partial charge < -0.3 is 14.9 Å². The molecule has 1 atom stereocenters. The minimum atomic E-state index is -0.972. The van der Waals surface area contributed by atoms with Crippen molar-refractivity contribution in [2.24, 2.45) is 0 Å². The predicted octanol–water partition coefficient (Wildman–Crippen LogP) is 0.947. The molecular formula is C13H15FN2O3. The second-order valence-corrected chi connectivity index (χ2v) is 4.59. The second-order valence-electron chi connectivity index (χ2n) is 4.59. The fourth-order valence-corrected chi connectivity index (χ4v) is 2.21. The molecular weight excluding hydrogens is 251 g/mol. The van der Waals surface area contributed by atoms with Crippen LogP contribution in [0.25, 0.3) is 0 Å². The molecule has 1 fully saturated rings. The molecule has 2 rings (SSSR count). The topological polar surface area (TPSA) is 60.9 Å². The van der Waals surface area contributed by atoms with Crippen LogP contribution < -0.4 is 4.90 Å². The van der Waals surface area contributed by atoms with Gasteiger partial charge in [0.1, 0.15) is 5.82 Å². The summed E-state index contributed by atoms with van der Waals surface area (Å²) in [6, 6.07) is 5.73. The maximum absolute atomic E-state index is 13.7. The number of carboxylic acid groups (broad SMARTS) is 1. The highest BCUT2D eigenvalue weighted by molar-refractivity contribution is 5.84. The number of carboxylic acids is 1. The highest BCUT2D eigenvalue weighted by atomic mass is 19.1. The van der Waals surface area contributed by atoms with Crippen LogP contribution in [0.2, 0.25) is 0 Å². The van der Waals surface area contributed by atoms with E-state index in [0.717, 1.165) is 0 Å². The molecule has 0 radical (unpaired) electrons. The molecule has 1 aromatic rings. The number of carbonyl (C=O) groups is 2. The van der Waals surface area contributed by atoms with Crippen LogP contribution in [0, 0.1) is 5.82 Å². The quantitative estimate of drug-likeness (QED) is 0.884. The van der Waals surface area contributed by atoms with Crippen molar-refractivity contribution in [1.29, 1.82) is 0 Å². The summed E-state index contributed by atoms with van der Waals surface area (Å²) >= 11 is 0. The van der Waals surface area contributed by atoms with Gasteiger partial charge in [-0.15, -0.1) is 0 Å². The maximum atomic E-state index is 13.7. The van der Waals surface area contributed by atoms with Crippen molar-refractivity contribution in [3.05, 3.63) is 30.1 Å². The number of rotatable bonds is 3. The summed E-state index contributed by atoms with van der Waals surface area (Å²) in [7, 11) is 1.58. The van der Waals surface area contributed by atoms with Crippen LogP contribution in [-0.4, -0.2) is 48.1 Å². The number of nitrogens with zero attached hydrogens (tertiary/aromatic N) is 2. The van der Waals surface area contributed by atoms with Gasteiger partial charge in [-0.3, -0.25) is 9.59 Å². The molecule has 1 aliphatic heterocycles. The molecule has 0 saturated carbocycles. The zero-order valence-corrected chi connectivity index (χ0v) is 10.5. The van der Waals surface area contributed by atoms with E-state index in [4.69, 9.17) is 5.11 Å². The van der Waals surface area contributed by atoms with Crippen LogP contribution in [0.15, 0.2) is 24.3 Å². The molecule has 0 bridgehead atoms. The number of anilines is 1. The van der Waals surface area contributed by atoms with E-state index in [1.807, 2.05) is 0 Å². The Balaban J connectivity index is 2.22. The van der Waals surface area contributed by atoms with Gasteiger partial charge in [-0.1, -0.05) is 12.1 Å². The van der Waals surface area contributed by atoms with Gasteiger partial charge in [-0.25, -0.2) is 4.39 Å². The minimum Gasteiger partial charge on any atom is -0.481 e. The maximum Gasteiger partial charge on any atom is 0.305 e. The van der Waals surface area contributed by atoms with Crippen LogP contribution in [0.5, 0.6) is 0 Å². The Labute approximate surface area is 110 Å². The Kier molecular flexibility index (Phi) is 3.69. The van der Waals surface area contributed by atoms with Gasteiger partial charge in [0.25, 0.3) is 0 Å². The molecule has 1 unspecified atom stereocenters. The molecule has 1 heterocycles. The Morgan fingerprint density at radius 1 is 1.47 bits per heavy atom.